The molecule has 0 aliphatic heterocycles. The van der Waals surface area contributed by atoms with Crippen molar-refractivity contribution in [3.63, 3.8) is 0 Å². The summed E-state index contributed by atoms with van der Waals surface area (Å²) in [6.07, 6.45) is 6.79. The zero-order chi connectivity index (χ0) is 96.5. The monoisotopic (exact) mass is 1990 g/mol. The van der Waals surface area contributed by atoms with E-state index in [4.69, 9.17) is 18.8 Å². The minimum atomic E-state index is 0.801. The molecule has 0 saturated carbocycles. The molecule has 0 saturated heterocycles. The second-order valence-electron chi connectivity index (χ2n) is 37.6. The van der Waals surface area contributed by atoms with E-state index in [1.165, 1.54) is 227 Å². The molecule has 0 spiro atoms. The van der Waals surface area contributed by atoms with Crippen LogP contribution in [-0.4, -0.2) is 56.9 Å². The van der Waals surface area contributed by atoms with Crippen molar-refractivity contribution in [2.24, 2.45) is 14.1 Å². The number of imidazole rings is 2. The van der Waals surface area contributed by atoms with Gasteiger partial charge in [-0.05, 0) is 194 Å². The Hall–Kier alpha value is -17.7. The predicted molar refractivity (Wildman–Crippen MR) is 625 cm³/mol. The van der Waals surface area contributed by atoms with Crippen molar-refractivity contribution >= 4 is 332 Å². The Morgan fingerprint density at radius 3 is 0.946 bits per heavy atom. The van der Waals surface area contributed by atoms with Crippen LogP contribution in [0.25, 0.3) is 293 Å². The fourth-order valence-corrected chi connectivity index (χ4v) is 29.3. The number of hydrogen-bond donors (Lipinski definition) is 0. The lowest BCUT2D eigenvalue weighted by atomic mass is 10.1. The maximum atomic E-state index is 5.57. The molecule has 15 aromatic heterocycles. The molecule has 0 aliphatic rings. The van der Waals surface area contributed by atoms with E-state index in [0.29, 0.717) is 0 Å². The lowest BCUT2D eigenvalue weighted by molar-refractivity contribution is 0.602. The molecule has 35 aromatic rings. The lowest BCUT2D eigenvalue weighted by Gasteiger charge is -2.09. The van der Waals surface area contributed by atoms with E-state index in [-0.39, 0.29) is 0 Å². The van der Waals surface area contributed by atoms with Gasteiger partial charge in [0.2, 0.25) is 0 Å². The van der Waals surface area contributed by atoms with Gasteiger partial charge in [0.15, 0.2) is 24.0 Å². The fraction of sp³-hybridized carbons (Fsp3) is 0.0157. The Morgan fingerprint density at radius 2 is 0.510 bits per heavy atom. The number of thiazole rings is 1. The summed E-state index contributed by atoms with van der Waals surface area (Å²) in [5, 5.41) is 26.0. The van der Waals surface area contributed by atoms with Crippen LogP contribution in [0.15, 0.2) is 434 Å². The molecule has 692 valence electrons. The number of para-hydroxylation sites is 8. The van der Waals surface area contributed by atoms with Crippen molar-refractivity contribution < 1.29 is 8.83 Å². The quantitative estimate of drug-likeness (QED) is 0.168. The van der Waals surface area contributed by atoms with Gasteiger partial charge in [-0.15, -0.1) is 68.0 Å². The molecular formula is C127H76N12O2S6. The Kier molecular flexibility index (Phi) is 18.8. The molecule has 0 amide bonds. The zero-order valence-electron chi connectivity index (χ0n) is 78.5. The van der Waals surface area contributed by atoms with Crippen molar-refractivity contribution in [1.82, 2.24) is 56.9 Å². The third-order valence-corrected chi connectivity index (χ3v) is 36.0. The first-order valence-corrected chi connectivity index (χ1v) is 53.7. The molecule has 35 rings (SSSR count). The maximum Gasteiger partial charge on any atom is 0.182 e. The van der Waals surface area contributed by atoms with E-state index >= 15 is 0 Å². The predicted octanol–water partition coefficient (Wildman–Crippen LogP) is 36.4. The molecule has 20 heteroatoms. The van der Waals surface area contributed by atoms with Crippen LogP contribution < -0.4 is 0 Å². The van der Waals surface area contributed by atoms with Crippen LogP contribution in [0.3, 0.4) is 0 Å². The number of fused-ring (bicyclic) bond motifs is 35. The SMILES string of the molecule is Cn1cnc2c(-n3c4ccccc4c4cc5sc6ccccc6c5cc43)cccc21.Cn1cnc2cc(-n3c4ccccc4c4cc5sc6ccccc6c5cc43)ccc21.c1cc(-n2c3ccccc3c3cc4sc5ccccc5c4cc32)c2ncoc2c1.c1cc(-n2c3ccccc3c3cc4sc5ccccc5c4cc32)c2ncsc2c1.c1ccc2c(c1)sc1cc3c4ccccc4n(-c4ccc5ocnc5c4)c3cc12. The van der Waals surface area contributed by atoms with Crippen LogP contribution in [0, 0.1) is 0 Å². The summed E-state index contributed by atoms with van der Waals surface area (Å²) in [6.45, 7) is 0. The van der Waals surface area contributed by atoms with Crippen molar-refractivity contribution in [2.75, 3.05) is 0 Å². The van der Waals surface area contributed by atoms with Crippen molar-refractivity contribution in [3.05, 3.63) is 425 Å². The van der Waals surface area contributed by atoms with Crippen LogP contribution in [0.1, 0.15) is 0 Å². The highest BCUT2D eigenvalue weighted by atomic mass is 32.1. The van der Waals surface area contributed by atoms with Gasteiger partial charge >= 0.3 is 0 Å². The topological polar surface area (TPSA) is 125 Å². The smallest absolute Gasteiger partial charge is 0.182 e. The van der Waals surface area contributed by atoms with Crippen molar-refractivity contribution in [3.8, 4) is 28.4 Å². The van der Waals surface area contributed by atoms with E-state index in [1.807, 2.05) is 107 Å². The molecule has 0 bridgehead atoms. The van der Waals surface area contributed by atoms with Gasteiger partial charge in [0, 0.05) is 180 Å². The number of nitrogens with zero attached hydrogens (tertiary/aromatic N) is 12. The summed E-state index contributed by atoms with van der Waals surface area (Å²) in [6, 6.07) is 142. The van der Waals surface area contributed by atoms with E-state index in [9.17, 15) is 0 Å². The Morgan fingerprint density at radius 1 is 0.190 bits per heavy atom. The number of oxazole rings is 2. The number of rotatable bonds is 5. The number of aryl methyl sites for hydroxylation is 2. The van der Waals surface area contributed by atoms with Crippen LogP contribution in [0.5, 0.6) is 0 Å². The molecule has 0 aliphatic carbocycles. The minimum Gasteiger partial charge on any atom is -0.443 e. The van der Waals surface area contributed by atoms with Crippen molar-refractivity contribution in [1.29, 1.82) is 0 Å². The second-order valence-corrected chi connectivity index (χ2v) is 43.9. The number of thiophene rings is 5. The van der Waals surface area contributed by atoms with Gasteiger partial charge in [-0.3, -0.25) is 0 Å². The molecule has 0 fully saturated rings. The highest BCUT2D eigenvalue weighted by Gasteiger charge is 2.26. The van der Waals surface area contributed by atoms with Gasteiger partial charge in [-0.25, -0.2) is 24.9 Å². The first-order chi connectivity index (χ1) is 72.7. The summed E-state index contributed by atoms with van der Waals surface area (Å²) in [5.41, 5.74) is 28.4. The van der Waals surface area contributed by atoms with Gasteiger partial charge in [0.25, 0.3) is 0 Å². The molecule has 20 aromatic carbocycles. The zero-order valence-corrected chi connectivity index (χ0v) is 83.4. The summed E-state index contributed by atoms with van der Waals surface area (Å²) in [7, 11) is 4.08. The average molecular weight is 1990 g/mol. The molecule has 0 radical (unpaired) electrons. The Balaban J connectivity index is 0.0000000833. The van der Waals surface area contributed by atoms with Crippen LogP contribution >= 0.6 is 68.0 Å². The maximum absolute atomic E-state index is 5.57. The number of benzene rings is 20. The standard InChI is InChI=1S/2C26H17N3S.2C25H14N2OS.C25H14N2S2/c1-28-15-27-26-21(28)10-6-11-22(26)29-20-9-4-2-7-16(20)18-14-25-19(13-23(18)29)17-8-3-5-12-24(17)30-25;1-28-15-27-21-12-16(10-11-23(21)28)29-22-8-4-2-6-17(22)19-14-26-20(13-24(19)29)18-7-3-5-9-25(18)30-26;1-3-8-19-15(6-1)17-13-24-18(16-7-2-4-11-23(16)29-24)12-21(17)27(19)20-9-5-10-22-25(20)26-14-28-22;1-3-7-21-16(5-1)18-13-25-19(17-6-2-4-8-24(17)29-25)12-22(18)27(21)15-9-10-23-20(11-15)26-14-28-23;1-3-8-19-15(6-1)17-13-24-18(16-7-2-4-10-22(16)29-24)12-21(17)27(19)20-9-5-11-23-25(20)26-14-28-23/h2*2-15H,1H3;3*1-14H. The first-order valence-electron chi connectivity index (χ1n) is 48.7. The van der Waals surface area contributed by atoms with Gasteiger partial charge in [0.1, 0.15) is 22.1 Å². The molecule has 0 atom stereocenters. The van der Waals surface area contributed by atoms with Gasteiger partial charge < -0.3 is 40.8 Å². The van der Waals surface area contributed by atoms with Gasteiger partial charge in [-0.2, -0.15) is 0 Å². The summed E-state index contributed by atoms with van der Waals surface area (Å²) < 4.78 is 41.5. The largest absolute Gasteiger partial charge is 0.443 e. The number of hydrogen-bond acceptors (Lipinski definition) is 13. The van der Waals surface area contributed by atoms with E-state index in [2.05, 4.69) is 423 Å². The molecule has 147 heavy (non-hydrogen) atoms. The van der Waals surface area contributed by atoms with E-state index in [0.717, 1.165) is 78.2 Å². The van der Waals surface area contributed by atoms with E-state index in [1.54, 1.807) is 11.3 Å². The molecule has 15 heterocycles. The minimum absolute atomic E-state index is 0.801. The molecule has 0 N–H and O–H groups in total. The molecule has 0 unspecified atom stereocenters. The van der Waals surface area contributed by atoms with Gasteiger partial charge in [-0.1, -0.05) is 200 Å². The highest BCUT2D eigenvalue weighted by Crippen LogP contribution is 2.50. The average Bonchev–Trinajstić information content (AvgIpc) is 1.60. The van der Waals surface area contributed by atoms with Crippen LogP contribution in [-0.2, 0) is 14.1 Å². The van der Waals surface area contributed by atoms with Crippen LogP contribution in [0.4, 0.5) is 0 Å². The fourth-order valence-electron chi connectivity index (χ4n) is 22.9. The Bertz CT molecular complexity index is 11400. The summed E-state index contributed by atoms with van der Waals surface area (Å²) in [4.78, 5) is 22.9. The molecule has 14 nitrogen and oxygen atoms in total. The normalized spacial score (nSPS) is 12.1. The third-order valence-electron chi connectivity index (χ3n) is 29.5. The lowest BCUT2D eigenvalue weighted by Crippen LogP contribution is -1.95. The Labute approximate surface area is 858 Å². The van der Waals surface area contributed by atoms with Crippen LogP contribution in [0.2, 0.25) is 0 Å². The highest BCUT2D eigenvalue weighted by molar-refractivity contribution is 7.27. The van der Waals surface area contributed by atoms with Gasteiger partial charge in [0.05, 0.1) is 112 Å². The summed E-state index contributed by atoms with van der Waals surface area (Å²) in [5.74, 6) is 0. The molecular weight excluding hydrogens is 1920 g/mol. The second kappa shape index (κ2) is 32.9. The van der Waals surface area contributed by atoms with E-state index < -0.39 is 0 Å². The number of aromatic nitrogens is 12. The first kappa shape index (κ1) is 83.8. The summed E-state index contributed by atoms with van der Waals surface area (Å²) >= 11 is 11.0. The van der Waals surface area contributed by atoms with Crippen molar-refractivity contribution in [2.45, 2.75) is 0 Å². The third kappa shape index (κ3) is 13.0.